The number of alkyl halides is 3. The normalized spacial score (nSPS) is 26.3. The van der Waals surface area contributed by atoms with Crippen molar-refractivity contribution in [1.29, 1.82) is 0 Å². The van der Waals surface area contributed by atoms with E-state index < -0.39 is 36.3 Å². The summed E-state index contributed by atoms with van der Waals surface area (Å²) in [7, 11) is 6.07. The Morgan fingerprint density at radius 2 is 1.72 bits per heavy atom. The van der Waals surface area contributed by atoms with Gasteiger partial charge in [0.15, 0.2) is 0 Å². The molecule has 1 aromatic carbocycles. The van der Waals surface area contributed by atoms with Gasteiger partial charge < -0.3 is 0 Å². The molecule has 1 aliphatic heterocycles. The number of fused-ring (bicyclic) bond motifs is 1. The van der Waals surface area contributed by atoms with Crippen molar-refractivity contribution >= 4 is 28.0 Å². The first kappa shape index (κ1) is 14.4. The van der Waals surface area contributed by atoms with Crippen molar-refractivity contribution in [1.82, 2.24) is 0 Å². The molecule has 0 fully saturated rings. The van der Waals surface area contributed by atoms with E-state index in [2.05, 4.69) is 0 Å². The third-order valence-electron chi connectivity index (χ3n) is 3.05. The molecule has 6 heteroatoms. The van der Waals surface area contributed by atoms with Gasteiger partial charge in [-0.15, -0.1) is 0 Å². The van der Waals surface area contributed by atoms with E-state index in [0.717, 1.165) is 0 Å². The minimum absolute atomic E-state index is 0.185. The van der Waals surface area contributed by atoms with Crippen molar-refractivity contribution < 1.29 is 16.2 Å². The van der Waals surface area contributed by atoms with Crippen LogP contribution in [0.5, 0.6) is 0 Å². The fourth-order valence-electron chi connectivity index (χ4n) is 2.20. The van der Waals surface area contributed by atoms with Crippen LogP contribution in [0.1, 0.15) is 26.3 Å². The number of benzene rings is 1. The zero-order valence-electron chi connectivity index (χ0n) is 10.1. The summed E-state index contributed by atoms with van der Waals surface area (Å²) < 4.78 is 46.7. The zero-order valence-corrected chi connectivity index (χ0v) is 13.0. The summed E-state index contributed by atoms with van der Waals surface area (Å²) in [5.74, 6) is 0. The maximum absolute atomic E-state index is 13.6. The Balaban J connectivity index is 2.74. The molecule has 1 heterocycles. The Morgan fingerprint density at radius 1 is 1.17 bits per heavy atom. The van der Waals surface area contributed by atoms with E-state index in [1.54, 1.807) is 18.2 Å². The molecule has 2 rings (SSSR count). The number of halogens is 5. The molecule has 0 aromatic heterocycles. The van der Waals surface area contributed by atoms with E-state index in [4.69, 9.17) is 12.0 Å². The Kier molecular flexibility index (Phi) is 3.40. The van der Waals surface area contributed by atoms with Crippen LogP contribution in [-0.2, 0) is 8.67 Å². The molecular weight excluding hydrogens is 379 g/mol. The van der Waals surface area contributed by atoms with Crippen molar-refractivity contribution in [2.45, 2.75) is 32.5 Å². The number of rotatable bonds is 0. The molecule has 0 bridgehead atoms. The second-order valence-electron chi connectivity index (χ2n) is 5.19. The quantitative estimate of drug-likeness (QED) is 0.547. The van der Waals surface area contributed by atoms with Gasteiger partial charge in [-0.2, -0.15) is 0 Å². The van der Waals surface area contributed by atoms with E-state index in [1.165, 1.54) is 26.8 Å². The molecule has 0 saturated carbocycles. The second-order valence-corrected chi connectivity index (χ2v) is 9.72. The maximum atomic E-state index is 13.6. The molecule has 0 amide bonds. The van der Waals surface area contributed by atoms with Gasteiger partial charge in [-0.25, -0.2) is 0 Å². The zero-order chi connectivity index (χ0) is 13.8. The van der Waals surface area contributed by atoms with Crippen LogP contribution < -0.4 is 0 Å². The average Bonchev–Trinajstić information content (AvgIpc) is 2.52. The molecule has 1 unspecified atom stereocenters. The number of hydrogen-bond acceptors (Lipinski definition) is 1. The van der Waals surface area contributed by atoms with E-state index in [1.807, 2.05) is 0 Å². The van der Waals surface area contributed by atoms with Crippen molar-refractivity contribution in [3.63, 3.8) is 0 Å². The van der Waals surface area contributed by atoms with Crippen LogP contribution in [0.25, 0.3) is 0 Å². The van der Waals surface area contributed by atoms with E-state index in [0.29, 0.717) is 3.57 Å². The van der Waals surface area contributed by atoms with Gasteiger partial charge >= 0.3 is 116 Å². The van der Waals surface area contributed by atoms with Crippen molar-refractivity contribution in [2.75, 3.05) is 0 Å². The molecule has 1 nitrogen and oxygen atoms in total. The molecule has 1 atom stereocenters. The molecule has 102 valence electrons. The minimum atomic E-state index is -4.48. The summed E-state index contributed by atoms with van der Waals surface area (Å²) >= 11 is -2.71. The third kappa shape index (κ3) is 1.86. The molecule has 1 aliphatic rings. The molecule has 18 heavy (non-hydrogen) atoms. The Labute approximate surface area is 115 Å². The van der Waals surface area contributed by atoms with Crippen LogP contribution >= 0.6 is 28.0 Å². The Hall–Kier alpha value is -0.0100. The van der Waals surface area contributed by atoms with Crippen molar-refractivity contribution in [2.24, 2.45) is 5.41 Å². The molecule has 1 aromatic rings. The van der Waals surface area contributed by atoms with Gasteiger partial charge in [-0.1, -0.05) is 0 Å². The van der Waals surface area contributed by atoms with Gasteiger partial charge in [0.25, 0.3) is 0 Å². The van der Waals surface area contributed by atoms with Crippen LogP contribution in [-0.4, -0.2) is 6.18 Å². The predicted molar refractivity (Wildman–Crippen MR) is 73.3 cm³/mol. The molecule has 0 aliphatic carbocycles. The van der Waals surface area contributed by atoms with E-state index in [9.17, 15) is 13.2 Å². The SMILES string of the molecule is CC(C)(C)C1(C(F)(F)F)OI(Cl)c2ccccc21. The first-order valence-electron chi connectivity index (χ1n) is 5.33. The molecule has 0 saturated heterocycles. The summed E-state index contributed by atoms with van der Waals surface area (Å²) in [6.45, 7) is 4.59. The summed E-state index contributed by atoms with van der Waals surface area (Å²) in [5.41, 5.74) is -3.21. The fraction of sp³-hybridized carbons (Fsp3) is 0.500. The monoisotopic (exact) mass is 392 g/mol. The average molecular weight is 393 g/mol. The van der Waals surface area contributed by atoms with Crippen molar-refractivity contribution in [3.8, 4) is 0 Å². The van der Waals surface area contributed by atoms with Gasteiger partial charge in [0.2, 0.25) is 0 Å². The summed E-state index contributed by atoms with van der Waals surface area (Å²) in [4.78, 5) is 0. The first-order valence-corrected chi connectivity index (χ1v) is 10.0. The Morgan fingerprint density at radius 3 is 2.22 bits per heavy atom. The molecular formula is C12H13ClF3IO. The Bertz CT molecular complexity index is 453. The van der Waals surface area contributed by atoms with E-state index in [-0.39, 0.29) is 5.56 Å². The van der Waals surface area contributed by atoms with Crippen LogP contribution in [0.4, 0.5) is 13.2 Å². The van der Waals surface area contributed by atoms with Gasteiger partial charge in [-0.05, 0) is 0 Å². The summed E-state index contributed by atoms with van der Waals surface area (Å²) in [6, 6.07) is 6.42. The topological polar surface area (TPSA) is 9.23 Å². The van der Waals surface area contributed by atoms with Gasteiger partial charge in [-0.3, -0.25) is 0 Å². The predicted octanol–water partition coefficient (Wildman–Crippen LogP) is 5.27. The number of hydrogen-bond donors (Lipinski definition) is 0. The van der Waals surface area contributed by atoms with Gasteiger partial charge in [0, 0.05) is 0 Å². The van der Waals surface area contributed by atoms with Gasteiger partial charge in [0.05, 0.1) is 0 Å². The van der Waals surface area contributed by atoms with Gasteiger partial charge in [0.1, 0.15) is 0 Å². The third-order valence-corrected chi connectivity index (χ3v) is 7.38. The van der Waals surface area contributed by atoms with Crippen molar-refractivity contribution in [3.05, 3.63) is 33.4 Å². The second kappa shape index (κ2) is 4.24. The standard InChI is InChI=1S/C12H13ClF3IO/c1-10(2,3)11(12(14,15)16)8-6-4-5-7-9(8)17(13)18-11/h4-7H,1-3H3. The fourth-order valence-corrected chi connectivity index (χ4v) is 7.10. The molecule has 0 spiro atoms. The van der Waals surface area contributed by atoms with Crippen LogP contribution in [0.3, 0.4) is 0 Å². The van der Waals surface area contributed by atoms with Crippen LogP contribution in [0.2, 0.25) is 0 Å². The van der Waals surface area contributed by atoms with E-state index >= 15 is 0 Å². The first-order chi connectivity index (χ1) is 8.11. The summed E-state index contributed by atoms with van der Waals surface area (Å²) in [5, 5.41) is 0. The summed E-state index contributed by atoms with van der Waals surface area (Å²) in [6.07, 6.45) is -4.48. The molecule has 0 N–H and O–H groups in total. The van der Waals surface area contributed by atoms with Crippen LogP contribution in [0.15, 0.2) is 24.3 Å². The molecule has 0 radical (unpaired) electrons. The van der Waals surface area contributed by atoms with Crippen LogP contribution in [0, 0.1) is 8.99 Å².